The summed E-state index contributed by atoms with van der Waals surface area (Å²) in [5, 5.41) is 0.962. The van der Waals surface area contributed by atoms with Crippen molar-refractivity contribution in [3.05, 3.63) is 51.4 Å². The second-order valence-electron chi connectivity index (χ2n) is 3.70. The smallest absolute Gasteiger partial charge is 0.265 e. The molecular formula is C12H6BrCl2N3O. The Balaban J connectivity index is 2.07. The fourth-order valence-electron chi connectivity index (χ4n) is 1.60. The van der Waals surface area contributed by atoms with E-state index < -0.39 is 0 Å². The van der Waals surface area contributed by atoms with Gasteiger partial charge in [-0.25, -0.2) is 9.97 Å². The average molecular weight is 359 g/mol. The van der Waals surface area contributed by atoms with Crippen LogP contribution in [0.3, 0.4) is 0 Å². The van der Waals surface area contributed by atoms with Crippen molar-refractivity contribution >= 4 is 44.8 Å². The largest absolute Gasteiger partial charge is 0.434 e. The fourth-order valence-corrected chi connectivity index (χ4v) is 2.43. The number of nitrogens with zero attached hydrogens (tertiary/aromatic N) is 3. The molecule has 7 heteroatoms. The second kappa shape index (κ2) is 5.00. The molecule has 0 saturated carbocycles. The molecule has 0 atom stereocenters. The van der Waals surface area contributed by atoms with Crippen molar-refractivity contribution in [3.63, 3.8) is 0 Å². The van der Waals surface area contributed by atoms with Crippen LogP contribution in [0, 0.1) is 0 Å². The first-order chi connectivity index (χ1) is 9.13. The molecule has 0 unspecified atom stereocenters. The Morgan fingerprint density at radius 2 is 2.11 bits per heavy atom. The first-order valence-corrected chi connectivity index (χ1v) is 6.80. The van der Waals surface area contributed by atoms with E-state index in [1.807, 2.05) is 0 Å². The van der Waals surface area contributed by atoms with E-state index in [2.05, 4.69) is 25.9 Å². The summed E-state index contributed by atoms with van der Waals surface area (Å²) in [6, 6.07) is 5.00. The van der Waals surface area contributed by atoms with Gasteiger partial charge in [0.1, 0.15) is 10.4 Å². The number of halogens is 3. The van der Waals surface area contributed by atoms with Gasteiger partial charge in [0.2, 0.25) is 5.65 Å². The lowest BCUT2D eigenvalue weighted by Gasteiger charge is -2.08. The summed E-state index contributed by atoms with van der Waals surface area (Å²) in [5.41, 5.74) is 0.606. The molecule has 0 aliphatic rings. The van der Waals surface area contributed by atoms with Gasteiger partial charge < -0.3 is 4.74 Å². The molecule has 96 valence electrons. The molecule has 1 aromatic carbocycles. The highest BCUT2D eigenvalue weighted by atomic mass is 79.9. The van der Waals surface area contributed by atoms with Crippen molar-refractivity contribution in [2.45, 2.75) is 0 Å². The molecule has 3 rings (SSSR count). The van der Waals surface area contributed by atoms with Crippen molar-refractivity contribution in [1.82, 2.24) is 14.4 Å². The number of benzene rings is 1. The van der Waals surface area contributed by atoms with Gasteiger partial charge >= 0.3 is 0 Å². The predicted molar refractivity (Wildman–Crippen MR) is 77.2 cm³/mol. The summed E-state index contributed by atoms with van der Waals surface area (Å²) in [4.78, 5) is 8.44. The van der Waals surface area contributed by atoms with Gasteiger partial charge in [0.05, 0.1) is 5.02 Å². The molecule has 2 heterocycles. The van der Waals surface area contributed by atoms with Crippen LogP contribution < -0.4 is 4.74 Å². The highest BCUT2D eigenvalue weighted by Gasteiger charge is 2.11. The summed E-state index contributed by atoms with van der Waals surface area (Å²) in [6.45, 7) is 0. The van der Waals surface area contributed by atoms with Crippen LogP contribution in [0.4, 0.5) is 0 Å². The minimum Gasteiger partial charge on any atom is -0.434 e. The molecule has 19 heavy (non-hydrogen) atoms. The van der Waals surface area contributed by atoms with E-state index in [-0.39, 0.29) is 0 Å². The second-order valence-corrected chi connectivity index (χ2v) is 5.36. The van der Waals surface area contributed by atoms with E-state index >= 15 is 0 Å². The molecule has 0 aliphatic heterocycles. The molecule has 0 fully saturated rings. The molecule has 0 saturated heterocycles. The number of fused-ring (bicyclic) bond motifs is 1. The zero-order chi connectivity index (χ0) is 13.4. The van der Waals surface area contributed by atoms with Gasteiger partial charge in [-0.1, -0.05) is 23.2 Å². The molecule has 0 amide bonds. The average Bonchev–Trinajstić information content (AvgIpc) is 2.80. The molecule has 0 N–H and O–H groups in total. The van der Waals surface area contributed by atoms with Crippen LogP contribution >= 0.6 is 39.1 Å². The zero-order valence-corrected chi connectivity index (χ0v) is 12.4. The quantitative estimate of drug-likeness (QED) is 0.672. The lowest BCUT2D eigenvalue weighted by molar-refractivity contribution is 0.464. The summed E-state index contributed by atoms with van der Waals surface area (Å²) < 4.78 is 8.14. The molecule has 0 bridgehead atoms. The number of imidazole rings is 1. The molecule has 3 aromatic rings. The van der Waals surface area contributed by atoms with E-state index in [0.717, 1.165) is 0 Å². The summed E-state index contributed by atoms with van der Waals surface area (Å²) in [7, 11) is 0. The zero-order valence-electron chi connectivity index (χ0n) is 9.35. The van der Waals surface area contributed by atoms with Crippen molar-refractivity contribution < 1.29 is 4.74 Å². The Bertz CT molecular complexity index is 760. The van der Waals surface area contributed by atoms with Crippen molar-refractivity contribution in [2.75, 3.05) is 0 Å². The molecule has 0 spiro atoms. The van der Waals surface area contributed by atoms with Gasteiger partial charge in [0.25, 0.3) is 5.88 Å². The SMILES string of the molecule is Clc1ccc(Oc2nc(Br)cn3ccnc23)c(Cl)c1. The van der Waals surface area contributed by atoms with Crippen molar-refractivity contribution in [3.8, 4) is 11.6 Å². The van der Waals surface area contributed by atoms with Crippen LogP contribution in [0.25, 0.3) is 5.65 Å². The first-order valence-electron chi connectivity index (χ1n) is 5.25. The summed E-state index contributed by atoms with van der Waals surface area (Å²) >= 11 is 15.2. The fraction of sp³-hybridized carbons (Fsp3) is 0. The normalized spacial score (nSPS) is 10.9. The number of hydrogen-bond acceptors (Lipinski definition) is 3. The molecule has 2 aromatic heterocycles. The van der Waals surface area contributed by atoms with E-state index in [0.29, 0.717) is 31.9 Å². The third-order valence-electron chi connectivity index (χ3n) is 2.41. The summed E-state index contributed by atoms with van der Waals surface area (Å²) in [6.07, 6.45) is 5.26. The van der Waals surface area contributed by atoms with Crippen LogP contribution in [0.15, 0.2) is 41.4 Å². The Kier molecular flexibility index (Phi) is 3.35. The summed E-state index contributed by atoms with van der Waals surface area (Å²) in [5.74, 6) is 0.838. The van der Waals surface area contributed by atoms with E-state index in [9.17, 15) is 0 Å². The predicted octanol–water partition coefficient (Wildman–Crippen LogP) is 4.59. The Labute approximate surface area is 127 Å². The Hall–Kier alpha value is -1.30. The number of hydrogen-bond donors (Lipinski definition) is 0. The van der Waals surface area contributed by atoms with Gasteiger partial charge in [-0.15, -0.1) is 0 Å². The highest BCUT2D eigenvalue weighted by molar-refractivity contribution is 9.10. The van der Waals surface area contributed by atoms with Gasteiger partial charge in [0.15, 0.2) is 0 Å². The van der Waals surface area contributed by atoms with Crippen LogP contribution in [0.5, 0.6) is 11.6 Å². The first kappa shape index (κ1) is 12.7. The lowest BCUT2D eigenvalue weighted by Crippen LogP contribution is -1.95. The molecular weight excluding hydrogens is 353 g/mol. The van der Waals surface area contributed by atoms with Gasteiger partial charge in [0, 0.05) is 23.6 Å². The standard InChI is InChI=1S/C12H6BrCl2N3O/c13-10-6-18-4-3-16-11(18)12(17-10)19-9-2-1-7(14)5-8(9)15/h1-6H. The van der Waals surface area contributed by atoms with E-state index in [1.165, 1.54) is 0 Å². The third kappa shape index (κ3) is 2.54. The minimum absolute atomic E-state index is 0.364. The Morgan fingerprint density at radius 1 is 1.26 bits per heavy atom. The van der Waals surface area contributed by atoms with Gasteiger partial charge in [-0.05, 0) is 34.1 Å². The molecule has 0 aliphatic carbocycles. The maximum absolute atomic E-state index is 6.07. The number of aromatic nitrogens is 3. The maximum Gasteiger partial charge on any atom is 0.265 e. The van der Waals surface area contributed by atoms with Crippen molar-refractivity contribution in [1.29, 1.82) is 0 Å². The molecule has 4 nitrogen and oxygen atoms in total. The van der Waals surface area contributed by atoms with Crippen molar-refractivity contribution in [2.24, 2.45) is 0 Å². The lowest BCUT2D eigenvalue weighted by atomic mass is 10.3. The minimum atomic E-state index is 0.364. The monoisotopic (exact) mass is 357 g/mol. The maximum atomic E-state index is 6.07. The number of rotatable bonds is 2. The van der Waals surface area contributed by atoms with E-state index in [1.54, 1.807) is 41.2 Å². The van der Waals surface area contributed by atoms with Crippen LogP contribution in [0.1, 0.15) is 0 Å². The van der Waals surface area contributed by atoms with Crippen LogP contribution in [-0.4, -0.2) is 14.4 Å². The topological polar surface area (TPSA) is 39.4 Å². The number of ether oxygens (including phenoxy) is 1. The van der Waals surface area contributed by atoms with E-state index in [4.69, 9.17) is 27.9 Å². The van der Waals surface area contributed by atoms with Gasteiger partial charge in [-0.3, -0.25) is 4.40 Å². The molecule has 0 radical (unpaired) electrons. The third-order valence-corrected chi connectivity index (χ3v) is 3.33. The van der Waals surface area contributed by atoms with Crippen LogP contribution in [-0.2, 0) is 0 Å². The van der Waals surface area contributed by atoms with Crippen LogP contribution in [0.2, 0.25) is 10.0 Å². The Morgan fingerprint density at radius 3 is 2.89 bits per heavy atom. The van der Waals surface area contributed by atoms with Gasteiger partial charge in [-0.2, -0.15) is 0 Å². The highest BCUT2D eigenvalue weighted by Crippen LogP contribution is 2.32.